The van der Waals surface area contributed by atoms with Gasteiger partial charge in [0.1, 0.15) is 6.04 Å². The van der Waals surface area contributed by atoms with Crippen LogP contribution in [0.15, 0.2) is 35.1 Å². The van der Waals surface area contributed by atoms with Gasteiger partial charge in [0.25, 0.3) is 5.91 Å². The van der Waals surface area contributed by atoms with E-state index in [9.17, 15) is 14.4 Å². The van der Waals surface area contributed by atoms with E-state index in [0.29, 0.717) is 10.9 Å². The molecule has 0 aliphatic carbocycles. The monoisotopic (exact) mass is 274 g/mol. The first kappa shape index (κ1) is 13.8. The number of para-hydroxylation sites is 1. The van der Waals surface area contributed by atoms with Crippen LogP contribution in [-0.4, -0.2) is 40.0 Å². The van der Waals surface area contributed by atoms with E-state index in [1.54, 1.807) is 24.3 Å². The van der Waals surface area contributed by atoms with Crippen molar-refractivity contribution >= 4 is 22.8 Å². The summed E-state index contributed by atoms with van der Waals surface area (Å²) in [4.78, 5) is 38.6. The van der Waals surface area contributed by atoms with Crippen LogP contribution in [0.5, 0.6) is 0 Å². The minimum atomic E-state index is -1.10. The van der Waals surface area contributed by atoms with Crippen LogP contribution in [0.4, 0.5) is 0 Å². The highest BCUT2D eigenvalue weighted by Gasteiger charge is 2.24. The summed E-state index contributed by atoms with van der Waals surface area (Å²) in [6.45, 7) is 1.41. The molecule has 104 valence electrons. The number of fused-ring (bicyclic) bond motifs is 1. The molecule has 1 unspecified atom stereocenters. The van der Waals surface area contributed by atoms with Gasteiger partial charge >= 0.3 is 5.97 Å². The maximum atomic E-state index is 12.4. The summed E-state index contributed by atoms with van der Waals surface area (Å²) in [5.74, 6) is -1.60. The number of aliphatic carboxylic acids is 1. The van der Waals surface area contributed by atoms with Crippen molar-refractivity contribution in [1.82, 2.24) is 9.88 Å². The van der Waals surface area contributed by atoms with E-state index in [0.717, 1.165) is 4.90 Å². The van der Waals surface area contributed by atoms with Crippen LogP contribution in [0.3, 0.4) is 0 Å². The molecule has 0 saturated carbocycles. The number of carboxylic acids is 1. The molecule has 20 heavy (non-hydrogen) atoms. The lowest BCUT2D eigenvalue weighted by Crippen LogP contribution is -2.40. The van der Waals surface area contributed by atoms with Crippen molar-refractivity contribution in [1.29, 1.82) is 0 Å². The minimum Gasteiger partial charge on any atom is -0.480 e. The molecular weight excluding hydrogens is 260 g/mol. The zero-order valence-corrected chi connectivity index (χ0v) is 11.1. The van der Waals surface area contributed by atoms with E-state index in [2.05, 4.69) is 4.98 Å². The summed E-state index contributed by atoms with van der Waals surface area (Å²) in [5.41, 5.74) is 0.336. The number of hydrogen-bond acceptors (Lipinski definition) is 3. The lowest BCUT2D eigenvalue weighted by Gasteiger charge is -2.22. The number of likely N-dealkylation sites (N-methyl/N-ethyl adjacent to an activating group) is 1. The summed E-state index contributed by atoms with van der Waals surface area (Å²) in [6, 6.07) is 7.11. The average molecular weight is 274 g/mol. The summed E-state index contributed by atoms with van der Waals surface area (Å²) in [6.07, 6.45) is 0. The molecule has 0 spiro atoms. The highest BCUT2D eigenvalue weighted by atomic mass is 16.4. The number of nitrogens with one attached hydrogen (secondary N) is 1. The number of benzene rings is 1. The molecule has 0 radical (unpaired) electrons. The fraction of sp³-hybridized carbons (Fsp3) is 0.214. The Morgan fingerprint density at radius 1 is 1.30 bits per heavy atom. The Bertz CT molecular complexity index is 735. The van der Waals surface area contributed by atoms with Gasteiger partial charge in [-0.3, -0.25) is 9.59 Å². The van der Waals surface area contributed by atoms with Crippen LogP contribution in [0, 0.1) is 0 Å². The summed E-state index contributed by atoms with van der Waals surface area (Å²) in [5, 5.41) is 9.54. The first-order valence-electron chi connectivity index (χ1n) is 6.04. The van der Waals surface area contributed by atoms with Gasteiger partial charge in [0.05, 0.1) is 5.56 Å². The van der Waals surface area contributed by atoms with E-state index in [1.165, 1.54) is 20.0 Å². The largest absolute Gasteiger partial charge is 0.480 e. The molecule has 0 saturated heterocycles. The van der Waals surface area contributed by atoms with Gasteiger partial charge in [0.15, 0.2) is 0 Å². The molecule has 1 amide bonds. The smallest absolute Gasteiger partial charge is 0.326 e. The van der Waals surface area contributed by atoms with Crippen LogP contribution in [0.1, 0.15) is 17.3 Å². The fourth-order valence-electron chi connectivity index (χ4n) is 1.91. The molecule has 1 aromatic heterocycles. The maximum absolute atomic E-state index is 12.4. The topological polar surface area (TPSA) is 90.5 Å². The highest BCUT2D eigenvalue weighted by molar-refractivity contribution is 6.06. The quantitative estimate of drug-likeness (QED) is 0.876. The molecule has 2 aromatic rings. The zero-order chi connectivity index (χ0) is 14.9. The average Bonchev–Trinajstić information content (AvgIpc) is 2.43. The van der Waals surface area contributed by atoms with E-state index >= 15 is 0 Å². The third-order valence-corrected chi connectivity index (χ3v) is 3.24. The Hall–Kier alpha value is -2.63. The molecule has 1 aromatic carbocycles. The lowest BCUT2D eigenvalue weighted by molar-refractivity contribution is -0.141. The number of carboxylic acid groups (broad SMARTS) is 1. The van der Waals surface area contributed by atoms with Crippen molar-refractivity contribution in [3.8, 4) is 0 Å². The summed E-state index contributed by atoms with van der Waals surface area (Å²) >= 11 is 0. The molecule has 0 aliphatic rings. The SMILES string of the molecule is CC(C(=O)O)N(C)C(=O)c1cc(=O)[nH]c2ccccc12. The number of H-pyrrole nitrogens is 1. The van der Waals surface area contributed by atoms with E-state index < -0.39 is 23.5 Å². The van der Waals surface area contributed by atoms with Gasteiger partial charge < -0.3 is 15.0 Å². The third kappa shape index (κ3) is 2.40. The molecule has 0 fully saturated rings. The first-order valence-corrected chi connectivity index (χ1v) is 6.04. The van der Waals surface area contributed by atoms with Gasteiger partial charge in [-0.25, -0.2) is 4.79 Å². The summed E-state index contributed by atoms with van der Waals surface area (Å²) in [7, 11) is 1.40. The van der Waals surface area contributed by atoms with Crippen LogP contribution >= 0.6 is 0 Å². The van der Waals surface area contributed by atoms with Crippen molar-refractivity contribution in [3.05, 3.63) is 46.2 Å². The predicted octanol–water partition coefficient (Wildman–Crippen LogP) is 1.07. The molecule has 0 bridgehead atoms. The highest BCUT2D eigenvalue weighted by Crippen LogP contribution is 2.16. The molecule has 2 rings (SSSR count). The molecule has 6 nitrogen and oxygen atoms in total. The molecule has 0 aliphatic heterocycles. The van der Waals surface area contributed by atoms with Gasteiger partial charge in [-0.05, 0) is 13.0 Å². The molecule has 1 atom stereocenters. The second-order valence-electron chi connectivity index (χ2n) is 4.52. The maximum Gasteiger partial charge on any atom is 0.326 e. The molecule has 1 heterocycles. The molecule has 2 N–H and O–H groups in total. The van der Waals surface area contributed by atoms with Crippen molar-refractivity contribution in [2.45, 2.75) is 13.0 Å². The van der Waals surface area contributed by atoms with Crippen LogP contribution in [0.2, 0.25) is 0 Å². The number of amides is 1. The van der Waals surface area contributed by atoms with Crippen molar-refractivity contribution in [2.75, 3.05) is 7.05 Å². The van der Waals surface area contributed by atoms with Crippen LogP contribution in [0.25, 0.3) is 10.9 Å². The number of carbonyl (C=O) groups is 2. The number of nitrogens with zero attached hydrogens (tertiary/aromatic N) is 1. The Labute approximate surface area is 114 Å². The molecular formula is C14H14N2O4. The second kappa shape index (κ2) is 5.16. The number of rotatable bonds is 3. The Balaban J connectivity index is 2.55. The van der Waals surface area contributed by atoms with E-state index in [4.69, 9.17) is 5.11 Å². The Morgan fingerprint density at radius 3 is 2.60 bits per heavy atom. The van der Waals surface area contributed by atoms with Crippen molar-refractivity contribution in [2.24, 2.45) is 0 Å². The number of carbonyl (C=O) groups excluding carboxylic acids is 1. The normalized spacial score (nSPS) is 12.1. The van der Waals surface area contributed by atoms with Crippen LogP contribution < -0.4 is 5.56 Å². The number of pyridine rings is 1. The first-order chi connectivity index (χ1) is 9.41. The lowest BCUT2D eigenvalue weighted by atomic mass is 10.1. The predicted molar refractivity (Wildman–Crippen MR) is 73.8 cm³/mol. The van der Waals surface area contributed by atoms with Gasteiger partial charge in [0.2, 0.25) is 5.56 Å². The Kier molecular flexibility index (Phi) is 3.56. The van der Waals surface area contributed by atoms with Gasteiger partial charge in [0, 0.05) is 24.0 Å². The molecule has 6 heteroatoms. The Morgan fingerprint density at radius 2 is 1.95 bits per heavy atom. The fourth-order valence-corrected chi connectivity index (χ4v) is 1.91. The third-order valence-electron chi connectivity index (χ3n) is 3.24. The second-order valence-corrected chi connectivity index (χ2v) is 4.52. The number of hydrogen-bond donors (Lipinski definition) is 2. The minimum absolute atomic E-state index is 0.194. The standard InChI is InChI=1S/C14H14N2O4/c1-8(14(19)20)16(2)13(18)10-7-12(17)15-11-6-4-3-5-9(10)11/h3-8H,1-2H3,(H,15,17)(H,19,20). The van der Waals surface area contributed by atoms with Crippen molar-refractivity contribution in [3.63, 3.8) is 0 Å². The number of aromatic amines is 1. The van der Waals surface area contributed by atoms with E-state index in [1.807, 2.05) is 0 Å². The summed E-state index contributed by atoms with van der Waals surface area (Å²) < 4.78 is 0. The van der Waals surface area contributed by atoms with Gasteiger partial charge in [-0.15, -0.1) is 0 Å². The number of aromatic nitrogens is 1. The van der Waals surface area contributed by atoms with E-state index in [-0.39, 0.29) is 5.56 Å². The van der Waals surface area contributed by atoms with Crippen LogP contribution in [-0.2, 0) is 4.79 Å². The van der Waals surface area contributed by atoms with Crippen molar-refractivity contribution < 1.29 is 14.7 Å². The zero-order valence-electron chi connectivity index (χ0n) is 11.1. The van der Waals surface area contributed by atoms with Gasteiger partial charge in [-0.1, -0.05) is 18.2 Å². The van der Waals surface area contributed by atoms with Gasteiger partial charge in [-0.2, -0.15) is 0 Å².